The topological polar surface area (TPSA) is 73.9 Å². The highest BCUT2D eigenvalue weighted by molar-refractivity contribution is 7.99. The molecule has 0 spiro atoms. The van der Waals surface area contributed by atoms with Gasteiger partial charge in [-0.3, -0.25) is 0 Å². The van der Waals surface area contributed by atoms with Gasteiger partial charge in [-0.2, -0.15) is 11.8 Å². The summed E-state index contributed by atoms with van der Waals surface area (Å²) in [4.78, 5) is 22.9. The molecule has 1 N–H and O–H groups in total. The van der Waals surface area contributed by atoms with Gasteiger partial charge in [0.15, 0.2) is 0 Å². The lowest BCUT2D eigenvalue weighted by Gasteiger charge is -2.08. The standard InChI is InChI=1S/C17H23NO5S/c1-4-22-16(19)13(2)12-24-10-9-23-17(20)18-11-14-5-7-15(21-3)8-6-14/h5-8H,2,4,9-12H2,1,3H3,(H,18,20). The Labute approximate surface area is 146 Å². The minimum Gasteiger partial charge on any atom is -0.497 e. The maximum Gasteiger partial charge on any atom is 0.407 e. The molecule has 0 saturated carbocycles. The molecule has 6 nitrogen and oxygen atoms in total. The Morgan fingerprint density at radius 2 is 1.92 bits per heavy atom. The van der Waals surface area contributed by atoms with Crippen LogP contribution < -0.4 is 10.1 Å². The predicted octanol–water partition coefficient (Wildman–Crippen LogP) is 2.77. The van der Waals surface area contributed by atoms with Crippen LogP contribution in [0.1, 0.15) is 12.5 Å². The van der Waals surface area contributed by atoms with Gasteiger partial charge in [0.2, 0.25) is 0 Å². The van der Waals surface area contributed by atoms with Crippen LogP contribution in [0.5, 0.6) is 5.75 Å². The van der Waals surface area contributed by atoms with Crippen LogP contribution in [0.15, 0.2) is 36.4 Å². The molecule has 0 unspecified atom stereocenters. The molecule has 0 aliphatic heterocycles. The zero-order chi connectivity index (χ0) is 17.8. The Balaban J connectivity index is 2.11. The summed E-state index contributed by atoms with van der Waals surface area (Å²) in [6.07, 6.45) is -0.476. The third-order valence-corrected chi connectivity index (χ3v) is 3.91. The van der Waals surface area contributed by atoms with Crippen LogP contribution in [0.25, 0.3) is 0 Å². The second-order valence-electron chi connectivity index (χ2n) is 4.71. The lowest BCUT2D eigenvalue weighted by molar-refractivity contribution is -0.138. The molecular formula is C17H23NO5S. The lowest BCUT2D eigenvalue weighted by Crippen LogP contribution is -2.24. The first-order valence-corrected chi connectivity index (χ1v) is 8.68. The fraction of sp³-hybridized carbons (Fsp3) is 0.412. The van der Waals surface area contributed by atoms with E-state index in [1.807, 2.05) is 24.3 Å². The molecule has 1 rings (SSSR count). The van der Waals surface area contributed by atoms with Crippen LogP contribution in [0.2, 0.25) is 0 Å². The largest absolute Gasteiger partial charge is 0.497 e. The van der Waals surface area contributed by atoms with E-state index in [-0.39, 0.29) is 12.6 Å². The van der Waals surface area contributed by atoms with Crippen molar-refractivity contribution in [2.75, 3.05) is 31.8 Å². The van der Waals surface area contributed by atoms with Gasteiger partial charge in [-0.15, -0.1) is 0 Å². The zero-order valence-electron chi connectivity index (χ0n) is 14.0. The van der Waals surface area contributed by atoms with Gasteiger partial charge >= 0.3 is 12.1 Å². The maximum atomic E-state index is 11.6. The van der Waals surface area contributed by atoms with Crippen LogP contribution >= 0.6 is 11.8 Å². The van der Waals surface area contributed by atoms with Gasteiger partial charge in [-0.25, -0.2) is 9.59 Å². The number of nitrogens with one attached hydrogen (secondary N) is 1. The summed E-state index contributed by atoms with van der Waals surface area (Å²) in [5.41, 5.74) is 1.36. The monoisotopic (exact) mass is 353 g/mol. The van der Waals surface area contributed by atoms with Crippen LogP contribution in [0, 0.1) is 0 Å². The van der Waals surface area contributed by atoms with Crippen molar-refractivity contribution in [1.82, 2.24) is 5.32 Å². The van der Waals surface area contributed by atoms with E-state index < -0.39 is 6.09 Å². The van der Waals surface area contributed by atoms with E-state index in [0.717, 1.165) is 11.3 Å². The van der Waals surface area contributed by atoms with E-state index in [4.69, 9.17) is 14.2 Å². The number of hydrogen-bond acceptors (Lipinski definition) is 6. The minimum atomic E-state index is -0.476. The Bertz CT molecular complexity index is 544. The van der Waals surface area contributed by atoms with Crippen molar-refractivity contribution >= 4 is 23.8 Å². The summed E-state index contributed by atoms with van der Waals surface area (Å²) in [6.45, 7) is 6.38. The van der Waals surface area contributed by atoms with Crippen LogP contribution in [-0.4, -0.2) is 43.9 Å². The number of hydrogen-bond donors (Lipinski definition) is 1. The van der Waals surface area contributed by atoms with Crippen molar-refractivity contribution in [3.05, 3.63) is 42.0 Å². The maximum absolute atomic E-state index is 11.6. The third-order valence-electron chi connectivity index (χ3n) is 2.90. The molecule has 0 bridgehead atoms. The summed E-state index contributed by atoms with van der Waals surface area (Å²) >= 11 is 1.46. The number of methoxy groups -OCH3 is 1. The molecule has 1 aromatic carbocycles. The lowest BCUT2D eigenvalue weighted by atomic mass is 10.2. The highest BCUT2D eigenvalue weighted by Gasteiger charge is 2.08. The number of esters is 1. The number of amides is 1. The Kier molecular flexibility index (Phi) is 9.45. The summed E-state index contributed by atoms with van der Waals surface area (Å²) in [7, 11) is 1.60. The van der Waals surface area contributed by atoms with Gasteiger partial charge in [-0.05, 0) is 24.6 Å². The summed E-state index contributed by atoms with van der Waals surface area (Å²) in [5.74, 6) is 1.41. The molecule has 0 fully saturated rings. The average molecular weight is 353 g/mol. The van der Waals surface area contributed by atoms with E-state index in [0.29, 0.717) is 30.2 Å². The summed E-state index contributed by atoms with van der Waals surface area (Å²) in [6, 6.07) is 7.40. The Hall–Kier alpha value is -2.15. The number of alkyl carbamates (subject to hydrolysis) is 1. The molecular weight excluding hydrogens is 330 g/mol. The van der Waals surface area contributed by atoms with Gasteiger partial charge in [-0.1, -0.05) is 18.7 Å². The van der Waals surface area contributed by atoms with Gasteiger partial charge in [0.25, 0.3) is 0 Å². The zero-order valence-corrected chi connectivity index (χ0v) is 14.8. The summed E-state index contributed by atoms with van der Waals surface area (Å²) < 4.78 is 15.0. The molecule has 1 amide bonds. The normalized spacial score (nSPS) is 9.92. The van der Waals surface area contributed by atoms with E-state index in [1.165, 1.54) is 11.8 Å². The van der Waals surface area contributed by atoms with Gasteiger partial charge < -0.3 is 19.5 Å². The van der Waals surface area contributed by atoms with E-state index in [9.17, 15) is 9.59 Å². The van der Waals surface area contributed by atoms with Crippen molar-refractivity contribution in [3.8, 4) is 5.75 Å². The van der Waals surface area contributed by atoms with Gasteiger partial charge in [0.05, 0.1) is 13.7 Å². The third kappa shape index (κ3) is 7.92. The SMILES string of the molecule is C=C(CSCCOC(=O)NCc1ccc(OC)cc1)C(=O)OCC. The second kappa shape index (κ2) is 11.4. The van der Waals surface area contributed by atoms with Gasteiger partial charge in [0, 0.05) is 23.6 Å². The van der Waals surface area contributed by atoms with E-state index >= 15 is 0 Å². The van der Waals surface area contributed by atoms with Crippen LogP contribution in [0.4, 0.5) is 4.79 Å². The molecule has 132 valence electrons. The number of thioether (sulfide) groups is 1. The molecule has 0 radical (unpaired) electrons. The number of ether oxygens (including phenoxy) is 3. The van der Waals surface area contributed by atoms with Crippen LogP contribution in [-0.2, 0) is 20.8 Å². The Morgan fingerprint density at radius 1 is 1.21 bits per heavy atom. The van der Waals surface area contributed by atoms with Crippen molar-refractivity contribution in [3.63, 3.8) is 0 Å². The highest BCUT2D eigenvalue weighted by atomic mass is 32.2. The van der Waals surface area contributed by atoms with Crippen LogP contribution in [0.3, 0.4) is 0 Å². The smallest absolute Gasteiger partial charge is 0.407 e. The van der Waals surface area contributed by atoms with Crippen molar-refractivity contribution in [2.45, 2.75) is 13.5 Å². The first-order valence-electron chi connectivity index (χ1n) is 7.53. The van der Waals surface area contributed by atoms with Crippen molar-refractivity contribution < 1.29 is 23.8 Å². The van der Waals surface area contributed by atoms with E-state index in [1.54, 1.807) is 14.0 Å². The highest BCUT2D eigenvalue weighted by Crippen LogP contribution is 2.11. The van der Waals surface area contributed by atoms with E-state index in [2.05, 4.69) is 11.9 Å². The molecule has 24 heavy (non-hydrogen) atoms. The molecule has 0 saturated heterocycles. The second-order valence-corrected chi connectivity index (χ2v) is 5.82. The van der Waals surface area contributed by atoms with Crippen molar-refractivity contribution in [1.29, 1.82) is 0 Å². The fourth-order valence-electron chi connectivity index (χ4n) is 1.65. The average Bonchev–Trinajstić information content (AvgIpc) is 2.60. The number of benzene rings is 1. The molecule has 0 heterocycles. The summed E-state index contributed by atoms with van der Waals surface area (Å²) in [5, 5.41) is 2.67. The molecule has 1 aromatic rings. The number of rotatable bonds is 10. The molecule has 0 aliphatic carbocycles. The van der Waals surface area contributed by atoms with Crippen molar-refractivity contribution in [2.24, 2.45) is 0 Å². The quantitative estimate of drug-likeness (QED) is 0.396. The minimum absolute atomic E-state index is 0.259. The Morgan fingerprint density at radius 3 is 2.54 bits per heavy atom. The predicted molar refractivity (Wildman–Crippen MR) is 94.3 cm³/mol. The fourth-order valence-corrected chi connectivity index (χ4v) is 2.36. The number of carbonyl (C=O) groups is 2. The first kappa shape index (κ1) is 19.9. The molecule has 7 heteroatoms. The first-order chi connectivity index (χ1) is 11.6. The van der Waals surface area contributed by atoms with Gasteiger partial charge in [0.1, 0.15) is 12.4 Å². The number of carbonyl (C=O) groups excluding carboxylic acids is 2. The molecule has 0 aromatic heterocycles. The molecule has 0 aliphatic rings. The molecule has 0 atom stereocenters.